The number of aromatic amines is 2. The van der Waals surface area contributed by atoms with Gasteiger partial charge in [0.2, 0.25) is 11.8 Å². The summed E-state index contributed by atoms with van der Waals surface area (Å²) in [5, 5.41) is 15.5. The maximum Gasteiger partial charge on any atom is 0.280 e. The minimum atomic E-state index is -0.545. The summed E-state index contributed by atoms with van der Waals surface area (Å²) in [6, 6.07) is 12.1. The molecule has 4 aliphatic heterocycles. The molecule has 4 aromatic heterocycles. The van der Waals surface area contributed by atoms with Crippen molar-refractivity contribution in [1.82, 2.24) is 60.8 Å². The molecule has 0 bridgehead atoms. The van der Waals surface area contributed by atoms with E-state index < -0.39 is 24.2 Å². The van der Waals surface area contributed by atoms with E-state index in [2.05, 4.69) is 51.0 Å². The molecule has 4 atom stereocenters. The minimum absolute atomic E-state index is 0.0908. The van der Waals surface area contributed by atoms with Crippen molar-refractivity contribution in [3.63, 3.8) is 0 Å². The molecule has 0 spiro atoms. The largest absolute Gasteiger partial charge is 0.351 e. The molecular formula is C46H50Cl2N12O6S2. The van der Waals surface area contributed by atoms with Gasteiger partial charge in [-0.25, -0.2) is 9.97 Å². The van der Waals surface area contributed by atoms with Crippen molar-refractivity contribution in [2.75, 3.05) is 54.4 Å². The fourth-order valence-electron chi connectivity index (χ4n) is 8.86. The number of fused-ring (bicyclic) bond motifs is 4. The van der Waals surface area contributed by atoms with E-state index in [1.54, 1.807) is 60.3 Å². The van der Waals surface area contributed by atoms with Gasteiger partial charge in [0.25, 0.3) is 23.6 Å². The Kier molecular flexibility index (Phi) is 13.6. The summed E-state index contributed by atoms with van der Waals surface area (Å²) in [5.74, 6) is -1.44. The number of halogens is 2. The molecule has 8 heterocycles. The van der Waals surface area contributed by atoms with E-state index in [9.17, 15) is 28.8 Å². The van der Waals surface area contributed by atoms with Gasteiger partial charge in [0.1, 0.15) is 11.4 Å². The average molecular weight is 1000 g/mol. The number of benzene rings is 2. The van der Waals surface area contributed by atoms with Gasteiger partial charge in [-0.3, -0.25) is 28.8 Å². The van der Waals surface area contributed by atoms with E-state index in [0.29, 0.717) is 44.5 Å². The molecule has 2 saturated heterocycles. The smallest absolute Gasteiger partial charge is 0.280 e. The lowest BCUT2D eigenvalue weighted by molar-refractivity contribution is -0.134. The van der Waals surface area contributed by atoms with Crippen molar-refractivity contribution in [3.8, 4) is 0 Å². The van der Waals surface area contributed by atoms with E-state index in [-0.39, 0.29) is 48.3 Å². The van der Waals surface area contributed by atoms with Gasteiger partial charge < -0.3 is 50.8 Å². The number of H-pyrrole nitrogens is 2. The van der Waals surface area contributed by atoms with Crippen LogP contribution >= 0.6 is 45.9 Å². The summed E-state index contributed by atoms with van der Waals surface area (Å²) in [5.41, 5.74) is 4.27. The Labute approximate surface area is 409 Å². The van der Waals surface area contributed by atoms with Crippen molar-refractivity contribution < 1.29 is 28.8 Å². The molecule has 6 aromatic rings. The lowest BCUT2D eigenvalue weighted by Gasteiger charge is -2.36. The first-order valence-corrected chi connectivity index (χ1v) is 24.5. The number of carbonyl (C=O) groups excluding carboxylic acids is 6. The highest BCUT2D eigenvalue weighted by Gasteiger charge is 2.37. The van der Waals surface area contributed by atoms with E-state index in [0.717, 1.165) is 82.0 Å². The summed E-state index contributed by atoms with van der Waals surface area (Å²) in [6.07, 6.45) is 1.84. The topological polar surface area (TPSA) is 221 Å². The minimum Gasteiger partial charge on any atom is -0.351 e. The summed E-state index contributed by atoms with van der Waals surface area (Å²) in [6.45, 7) is 4.00. The van der Waals surface area contributed by atoms with Crippen LogP contribution in [-0.4, -0.2) is 154 Å². The zero-order chi connectivity index (χ0) is 48.0. The Morgan fingerprint density at radius 3 is 1.40 bits per heavy atom. The normalized spacial score (nSPS) is 20.9. The van der Waals surface area contributed by atoms with Crippen LogP contribution in [-0.2, 0) is 35.5 Å². The molecule has 18 nitrogen and oxygen atoms in total. The molecule has 6 N–H and O–H groups in total. The number of rotatable bonds is 8. The van der Waals surface area contributed by atoms with Crippen LogP contribution in [0.25, 0.3) is 21.8 Å². The second kappa shape index (κ2) is 19.6. The van der Waals surface area contributed by atoms with Gasteiger partial charge in [0.05, 0.1) is 35.6 Å². The molecular weight excluding hydrogens is 952 g/mol. The second-order valence-electron chi connectivity index (χ2n) is 17.9. The average Bonchev–Trinajstić information content (AvgIpc) is 4.11. The Morgan fingerprint density at radius 2 is 0.985 bits per heavy atom. The van der Waals surface area contributed by atoms with Crippen LogP contribution in [0.5, 0.6) is 0 Å². The number of nitrogens with zero attached hydrogens (tertiary/aromatic N) is 6. The number of aromatic nitrogens is 4. The van der Waals surface area contributed by atoms with E-state index in [4.69, 9.17) is 23.2 Å². The monoisotopic (exact) mass is 1000 g/mol. The van der Waals surface area contributed by atoms with Crippen LogP contribution in [0.15, 0.2) is 48.5 Å². The van der Waals surface area contributed by atoms with Crippen LogP contribution in [0.3, 0.4) is 0 Å². The predicted octanol–water partition coefficient (Wildman–Crippen LogP) is 4.05. The number of likely N-dealkylation sites (N-methyl/N-ethyl adjacent to an activating group) is 4. The number of likely N-dealkylation sites (tertiary alicyclic amines) is 2. The van der Waals surface area contributed by atoms with Crippen LogP contribution in [0, 0.1) is 0 Å². The molecule has 6 amide bonds. The van der Waals surface area contributed by atoms with Crippen LogP contribution < -0.4 is 21.3 Å². The molecule has 0 radical (unpaired) electrons. The summed E-state index contributed by atoms with van der Waals surface area (Å²) in [7, 11) is 7.48. The molecule has 0 unspecified atom stereocenters. The first-order valence-electron chi connectivity index (χ1n) is 22.2. The Hall–Kier alpha value is -5.90. The van der Waals surface area contributed by atoms with Crippen molar-refractivity contribution >= 4 is 103 Å². The number of thiazole rings is 2. The molecule has 356 valence electrons. The number of carbonyl (C=O) groups is 6. The van der Waals surface area contributed by atoms with Crippen molar-refractivity contribution in [2.24, 2.45) is 0 Å². The SMILES string of the molecule is CN1CCc2nc(C(=O)N[C@@H]3CN(C)C(=O)C[C@H]3NC(=O)c3cc4cc(Cl)ccc4[nH]3)sc2C1.CN1CCc2nc(C(=O)N[C@H]3CN(C)C(=O)C[C@H]3NC(=O)c3cc4cc(Cl)ccc4[nH]3)sc2C1. The van der Waals surface area contributed by atoms with E-state index in [1.807, 2.05) is 26.2 Å². The molecule has 2 fully saturated rings. The van der Waals surface area contributed by atoms with Gasteiger partial charge in [-0.2, -0.15) is 0 Å². The third kappa shape index (κ3) is 10.4. The van der Waals surface area contributed by atoms with Gasteiger partial charge in [-0.05, 0) is 62.6 Å². The second-order valence-corrected chi connectivity index (χ2v) is 20.9. The summed E-state index contributed by atoms with van der Waals surface area (Å²) >= 11 is 14.9. The number of piperidine rings is 2. The lowest BCUT2D eigenvalue weighted by atomic mass is 9.98. The maximum atomic E-state index is 13.0. The van der Waals surface area contributed by atoms with Crippen LogP contribution in [0.2, 0.25) is 10.0 Å². The first-order chi connectivity index (χ1) is 32.5. The number of amides is 6. The van der Waals surface area contributed by atoms with Gasteiger partial charge >= 0.3 is 0 Å². The molecule has 4 aliphatic rings. The molecule has 22 heteroatoms. The highest BCUT2D eigenvalue weighted by Crippen LogP contribution is 2.27. The molecule has 2 aromatic carbocycles. The Morgan fingerprint density at radius 1 is 0.588 bits per heavy atom. The zero-order valence-corrected chi connectivity index (χ0v) is 40.8. The number of hydrogen-bond donors (Lipinski definition) is 6. The standard InChI is InChI=1S/2C23H25ClN6O3S/c2*1-29-6-5-15-19(11-29)34-23(28-15)22(33)27-18-10-30(2)20(31)9-16(18)26-21(32)17-8-12-7-13(24)3-4-14(12)25-17/h2*3-4,7-8,16,18,25H,5-6,9-11H2,1-2H3,(H,26,32)(H,27,33)/t16-,18+;16-,18-/m11/s1. The van der Waals surface area contributed by atoms with Gasteiger partial charge in [-0.15, -0.1) is 22.7 Å². The van der Waals surface area contributed by atoms with Crippen molar-refractivity contribution in [1.29, 1.82) is 0 Å². The number of hydrogen-bond acceptors (Lipinski definition) is 12. The van der Waals surface area contributed by atoms with E-state index >= 15 is 0 Å². The highest BCUT2D eigenvalue weighted by atomic mass is 35.5. The van der Waals surface area contributed by atoms with Gasteiger partial charge in [-0.1, -0.05) is 23.2 Å². The zero-order valence-electron chi connectivity index (χ0n) is 37.7. The Balaban J connectivity index is 0.000000170. The van der Waals surface area contributed by atoms with Crippen molar-refractivity contribution in [3.05, 3.63) is 101 Å². The van der Waals surface area contributed by atoms with E-state index in [1.165, 1.54) is 22.7 Å². The highest BCUT2D eigenvalue weighted by molar-refractivity contribution is 7.14. The van der Waals surface area contributed by atoms with Crippen molar-refractivity contribution in [2.45, 2.75) is 62.9 Å². The third-order valence-electron chi connectivity index (χ3n) is 12.7. The maximum absolute atomic E-state index is 13.0. The third-order valence-corrected chi connectivity index (χ3v) is 15.3. The first kappa shape index (κ1) is 47.2. The quantitative estimate of drug-likeness (QED) is 0.129. The molecule has 68 heavy (non-hydrogen) atoms. The van der Waals surface area contributed by atoms with Crippen LogP contribution in [0.1, 0.15) is 74.6 Å². The summed E-state index contributed by atoms with van der Waals surface area (Å²) < 4.78 is 0. The molecule has 0 aliphatic carbocycles. The molecule has 10 rings (SSSR count). The van der Waals surface area contributed by atoms with Gasteiger partial charge in [0, 0.05) is 121 Å². The van der Waals surface area contributed by atoms with Crippen LogP contribution in [0.4, 0.5) is 0 Å². The Bertz CT molecular complexity index is 2770. The summed E-state index contributed by atoms with van der Waals surface area (Å²) in [4.78, 5) is 102. The number of nitrogens with one attached hydrogen (secondary N) is 6. The lowest BCUT2D eigenvalue weighted by Crippen LogP contribution is -2.61. The molecule has 0 saturated carbocycles. The fourth-order valence-corrected chi connectivity index (χ4v) is 11.4. The fraction of sp³-hybridized carbons (Fsp3) is 0.391. The van der Waals surface area contributed by atoms with Gasteiger partial charge in [0.15, 0.2) is 10.0 Å². The predicted molar refractivity (Wildman–Crippen MR) is 260 cm³/mol.